The highest BCUT2D eigenvalue weighted by Crippen LogP contribution is 2.29. The second-order valence-corrected chi connectivity index (χ2v) is 6.98. The van der Waals surface area contributed by atoms with Crippen molar-refractivity contribution >= 4 is 23.2 Å². The molecule has 1 atom stereocenters. The molecule has 1 aliphatic rings. The molecule has 1 aliphatic heterocycles. The average Bonchev–Trinajstić information content (AvgIpc) is 3.25. The van der Waals surface area contributed by atoms with Gasteiger partial charge in [-0.1, -0.05) is 35.5 Å². The van der Waals surface area contributed by atoms with E-state index in [2.05, 4.69) is 10.5 Å². The summed E-state index contributed by atoms with van der Waals surface area (Å²) in [4.78, 5) is 26.7. The van der Waals surface area contributed by atoms with E-state index in [4.69, 9.17) is 4.52 Å². The molecule has 0 radical (unpaired) electrons. The van der Waals surface area contributed by atoms with Crippen LogP contribution in [0, 0.1) is 6.92 Å². The van der Waals surface area contributed by atoms with Crippen LogP contribution < -0.4 is 10.2 Å². The summed E-state index contributed by atoms with van der Waals surface area (Å²) in [6.07, 6.45) is 1.45. The highest BCUT2D eigenvalue weighted by Gasteiger charge is 2.28. The Labute approximate surface area is 163 Å². The Morgan fingerprint density at radius 1 is 1.14 bits per heavy atom. The van der Waals surface area contributed by atoms with E-state index in [1.807, 2.05) is 54.3 Å². The Bertz CT molecular complexity index is 1010. The minimum absolute atomic E-state index is 0.136. The molecule has 0 bridgehead atoms. The van der Waals surface area contributed by atoms with Crippen molar-refractivity contribution in [3.8, 4) is 11.3 Å². The first-order valence-corrected chi connectivity index (χ1v) is 9.30. The number of aryl methyl sites for hydroxylation is 1. The van der Waals surface area contributed by atoms with Crippen molar-refractivity contribution in [3.05, 3.63) is 65.9 Å². The molecule has 1 fully saturated rings. The normalized spacial score (nSPS) is 16.4. The number of amides is 2. The maximum Gasteiger partial charge on any atom is 0.261 e. The van der Waals surface area contributed by atoms with Gasteiger partial charge in [0.1, 0.15) is 17.0 Å². The molecular weight excluding hydrogens is 354 g/mol. The topological polar surface area (TPSA) is 75.4 Å². The zero-order valence-corrected chi connectivity index (χ0v) is 15.8. The minimum Gasteiger partial charge on any atom is -0.360 e. The van der Waals surface area contributed by atoms with E-state index in [1.165, 1.54) is 0 Å². The molecule has 0 aliphatic carbocycles. The van der Waals surface area contributed by atoms with Crippen LogP contribution in [0.4, 0.5) is 11.4 Å². The van der Waals surface area contributed by atoms with Gasteiger partial charge in [0.15, 0.2) is 0 Å². The number of carbonyl (C=O) groups is 2. The third kappa shape index (κ3) is 3.29. The third-order valence-electron chi connectivity index (χ3n) is 5.03. The molecule has 1 N–H and O–H groups in total. The van der Waals surface area contributed by atoms with Crippen molar-refractivity contribution in [2.75, 3.05) is 10.2 Å². The van der Waals surface area contributed by atoms with Crippen molar-refractivity contribution < 1.29 is 14.1 Å². The number of benzene rings is 2. The van der Waals surface area contributed by atoms with Crippen LogP contribution in [0.1, 0.15) is 35.9 Å². The maximum absolute atomic E-state index is 12.9. The molecule has 0 spiro atoms. The SMILES string of the molecule is Cc1onc(-c2ccccc2)c1C(=O)Nc1ccc(N2C(=O)CCC2C)cc1. The molecule has 2 aromatic carbocycles. The number of hydrogen-bond acceptors (Lipinski definition) is 4. The van der Waals surface area contributed by atoms with Crippen molar-refractivity contribution in [1.82, 2.24) is 5.16 Å². The fourth-order valence-corrected chi connectivity index (χ4v) is 3.56. The standard InChI is InChI=1S/C22H21N3O3/c1-14-8-13-19(26)25(14)18-11-9-17(10-12-18)23-22(27)20-15(2)28-24-21(20)16-6-4-3-5-7-16/h3-7,9-12,14H,8,13H2,1-2H3,(H,23,27). The van der Waals surface area contributed by atoms with Gasteiger partial charge < -0.3 is 14.7 Å². The van der Waals surface area contributed by atoms with E-state index in [9.17, 15) is 9.59 Å². The Balaban J connectivity index is 1.55. The lowest BCUT2D eigenvalue weighted by Gasteiger charge is -2.21. The summed E-state index contributed by atoms with van der Waals surface area (Å²) in [5.41, 5.74) is 3.25. The van der Waals surface area contributed by atoms with Gasteiger partial charge in [-0.3, -0.25) is 9.59 Å². The summed E-state index contributed by atoms with van der Waals surface area (Å²) in [5, 5.41) is 6.94. The molecule has 1 aromatic heterocycles. The van der Waals surface area contributed by atoms with Crippen molar-refractivity contribution in [1.29, 1.82) is 0 Å². The van der Waals surface area contributed by atoms with Gasteiger partial charge in [-0.05, 0) is 44.5 Å². The van der Waals surface area contributed by atoms with Gasteiger partial charge in [0.25, 0.3) is 5.91 Å². The molecular formula is C22H21N3O3. The van der Waals surface area contributed by atoms with Crippen LogP contribution in [0.2, 0.25) is 0 Å². The summed E-state index contributed by atoms with van der Waals surface area (Å²) in [6.45, 7) is 3.76. The van der Waals surface area contributed by atoms with E-state index < -0.39 is 0 Å². The molecule has 3 aromatic rings. The quantitative estimate of drug-likeness (QED) is 0.732. The number of anilines is 2. The zero-order valence-electron chi connectivity index (χ0n) is 15.8. The number of rotatable bonds is 4. The van der Waals surface area contributed by atoms with Gasteiger partial charge in [-0.2, -0.15) is 0 Å². The second kappa shape index (κ2) is 7.31. The Morgan fingerprint density at radius 3 is 2.50 bits per heavy atom. The Hall–Kier alpha value is -3.41. The van der Waals surface area contributed by atoms with Gasteiger partial charge in [-0.25, -0.2) is 0 Å². The molecule has 0 saturated carbocycles. The monoisotopic (exact) mass is 375 g/mol. The number of nitrogens with one attached hydrogen (secondary N) is 1. The lowest BCUT2D eigenvalue weighted by atomic mass is 10.1. The molecule has 2 heterocycles. The number of carbonyl (C=O) groups excluding carboxylic acids is 2. The molecule has 6 heteroatoms. The van der Waals surface area contributed by atoms with Crippen molar-refractivity contribution in [3.63, 3.8) is 0 Å². The van der Waals surface area contributed by atoms with Crippen LogP contribution >= 0.6 is 0 Å². The van der Waals surface area contributed by atoms with E-state index in [1.54, 1.807) is 19.1 Å². The molecule has 4 rings (SSSR count). The van der Waals surface area contributed by atoms with Crippen LogP contribution in [0.5, 0.6) is 0 Å². The van der Waals surface area contributed by atoms with Crippen LogP contribution in [-0.2, 0) is 4.79 Å². The number of aromatic nitrogens is 1. The van der Waals surface area contributed by atoms with Crippen molar-refractivity contribution in [2.24, 2.45) is 0 Å². The van der Waals surface area contributed by atoms with Crippen molar-refractivity contribution in [2.45, 2.75) is 32.7 Å². The van der Waals surface area contributed by atoms with Gasteiger partial charge in [-0.15, -0.1) is 0 Å². The van der Waals surface area contributed by atoms with Gasteiger partial charge in [0.2, 0.25) is 5.91 Å². The van der Waals surface area contributed by atoms with E-state index in [0.717, 1.165) is 17.7 Å². The molecule has 1 unspecified atom stereocenters. The van der Waals surface area contributed by atoms with Gasteiger partial charge in [0, 0.05) is 29.4 Å². The first-order chi connectivity index (χ1) is 13.5. The summed E-state index contributed by atoms with van der Waals surface area (Å²) in [5.74, 6) is 0.317. The van der Waals surface area contributed by atoms with Gasteiger partial charge >= 0.3 is 0 Å². The Morgan fingerprint density at radius 2 is 1.86 bits per heavy atom. The smallest absolute Gasteiger partial charge is 0.261 e. The summed E-state index contributed by atoms with van der Waals surface area (Å²) in [7, 11) is 0. The lowest BCUT2D eigenvalue weighted by molar-refractivity contribution is -0.117. The Kier molecular flexibility index (Phi) is 4.69. The molecule has 28 heavy (non-hydrogen) atoms. The fourth-order valence-electron chi connectivity index (χ4n) is 3.56. The first kappa shape index (κ1) is 18.0. The second-order valence-electron chi connectivity index (χ2n) is 6.98. The zero-order chi connectivity index (χ0) is 19.7. The van der Waals surface area contributed by atoms with E-state index in [-0.39, 0.29) is 17.9 Å². The first-order valence-electron chi connectivity index (χ1n) is 9.30. The third-order valence-corrected chi connectivity index (χ3v) is 5.03. The largest absolute Gasteiger partial charge is 0.360 e. The molecule has 2 amide bonds. The van der Waals surface area contributed by atoms with Crippen LogP contribution in [-0.4, -0.2) is 23.0 Å². The predicted molar refractivity (Wildman–Crippen MR) is 107 cm³/mol. The lowest BCUT2D eigenvalue weighted by Crippen LogP contribution is -2.30. The fraction of sp³-hybridized carbons (Fsp3) is 0.227. The summed E-state index contributed by atoms with van der Waals surface area (Å²) < 4.78 is 5.26. The highest BCUT2D eigenvalue weighted by molar-refractivity contribution is 6.09. The molecule has 6 nitrogen and oxygen atoms in total. The average molecular weight is 375 g/mol. The maximum atomic E-state index is 12.9. The van der Waals surface area contributed by atoms with Gasteiger partial charge in [0.05, 0.1) is 0 Å². The number of nitrogens with zero attached hydrogens (tertiary/aromatic N) is 2. The molecule has 142 valence electrons. The highest BCUT2D eigenvalue weighted by atomic mass is 16.5. The minimum atomic E-state index is -0.282. The van der Waals surface area contributed by atoms with Crippen LogP contribution in [0.15, 0.2) is 59.1 Å². The predicted octanol–water partition coefficient (Wildman–Crippen LogP) is 4.42. The summed E-state index contributed by atoms with van der Waals surface area (Å²) >= 11 is 0. The van der Waals surface area contributed by atoms with E-state index >= 15 is 0 Å². The van der Waals surface area contributed by atoms with E-state index in [0.29, 0.717) is 29.1 Å². The number of hydrogen-bond donors (Lipinski definition) is 1. The van der Waals surface area contributed by atoms with Crippen LogP contribution in [0.3, 0.4) is 0 Å². The van der Waals surface area contributed by atoms with Crippen LogP contribution in [0.25, 0.3) is 11.3 Å². The summed E-state index contributed by atoms with van der Waals surface area (Å²) in [6, 6.07) is 17.0. The molecule has 1 saturated heterocycles.